The lowest BCUT2D eigenvalue weighted by Gasteiger charge is -2.34. The first-order valence-corrected chi connectivity index (χ1v) is 5.55. The minimum absolute atomic E-state index is 0. The van der Waals surface area contributed by atoms with Crippen LogP contribution in [-0.4, -0.2) is 36.5 Å². The van der Waals surface area contributed by atoms with Gasteiger partial charge in [-0.1, -0.05) is 0 Å². The average Bonchev–Trinajstić information content (AvgIpc) is 2.27. The smallest absolute Gasteiger partial charge is 0.254 e. The van der Waals surface area contributed by atoms with Crippen molar-refractivity contribution in [1.82, 2.24) is 10.2 Å². The fourth-order valence-corrected chi connectivity index (χ4v) is 1.99. The molecule has 6 heteroatoms. The number of nitrogens with zero attached hydrogens (tertiary/aromatic N) is 1. The maximum atomic E-state index is 13.0. The van der Waals surface area contributed by atoms with Gasteiger partial charge in [0.1, 0.15) is 11.6 Å². The van der Waals surface area contributed by atoms with Gasteiger partial charge in [0.25, 0.3) is 5.91 Å². The second kappa shape index (κ2) is 6.11. The zero-order valence-electron chi connectivity index (χ0n) is 9.95. The number of nitrogens with one attached hydrogen (secondary N) is 1. The molecule has 18 heavy (non-hydrogen) atoms. The monoisotopic (exact) mass is 276 g/mol. The molecule has 0 aromatic heterocycles. The van der Waals surface area contributed by atoms with Crippen LogP contribution in [0.15, 0.2) is 18.2 Å². The molecule has 1 N–H and O–H groups in total. The van der Waals surface area contributed by atoms with Crippen LogP contribution in [0.5, 0.6) is 0 Å². The summed E-state index contributed by atoms with van der Waals surface area (Å²) in [5.41, 5.74) is 0.0660. The number of amides is 1. The molecule has 1 aliphatic heterocycles. The van der Waals surface area contributed by atoms with Crippen molar-refractivity contribution in [3.8, 4) is 0 Å². The van der Waals surface area contributed by atoms with Crippen molar-refractivity contribution in [3.05, 3.63) is 35.4 Å². The Hall–Kier alpha value is -1.20. The molecule has 0 aliphatic carbocycles. The number of carbonyl (C=O) groups excluding carboxylic acids is 1. The average molecular weight is 277 g/mol. The van der Waals surface area contributed by atoms with Crippen molar-refractivity contribution >= 4 is 18.3 Å². The quantitative estimate of drug-likeness (QED) is 0.849. The third-order valence-electron chi connectivity index (χ3n) is 2.87. The summed E-state index contributed by atoms with van der Waals surface area (Å²) in [6.07, 6.45) is 0. The molecular weight excluding hydrogens is 262 g/mol. The van der Waals surface area contributed by atoms with E-state index in [0.717, 1.165) is 18.2 Å². The molecule has 2 rings (SSSR count). The number of halogens is 3. The van der Waals surface area contributed by atoms with Crippen molar-refractivity contribution < 1.29 is 13.6 Å². The van der Waals surface area contributed by atoms with Crippen LogP contribution in [0, 0.1) is 11.6 Å². The molecule has 1 fully saturated rings. The second-order valence-electron chi connectivity index (χ2n) is 4.21. The van der Waals surface area contributed by atoms with Crippen LogP contribution < -0.4 is 5.32 Å². The molecule has 0 spiro atoms. The fraction of sp³-hybridized carbons (Fsp3) is 0.417. The van der Waals surface area contributed by atoms with E-state index in [2.05, 4.69) is 5.32 Å². The van der Waals surface area contributed by atoms with Crippen molar-refractivity contribution in [2.24, 2.45) is 0 Å². The molecule has 1 saturated heterocycles. The minimum Gasteiger partial charge on any atom is -0.333 e. The number of piperazine rings is 1. The Kier molecular flexibility index (Phi) is 5.04. The number of hydrogen-bond acceptors (Lipinski definition) is 2. The summed E-state index contributed by atoms with van der Waals surface area (Å²) in [5.74, 6) is -1.77. The van der Waals surface area contributed by atoms with E-state index in [4.69, 9.17) is 0 Å². The van der Waals surface area contributed by atoms with Crippen LogP contribution in [0.3, 0.4) is 0 Å². The van der Waals surface area contributed by atoms with Crippen molar-refractivity contribution in [3.63, 3.8) is 0 Å². The van der Waals surface area contributed by atoms with Crippen molar-refractivity contribution in [2.75, 3.05) is 19.6 Å². The molecule has 0 bridgehead atoms. The topological polar surface area (TPSA) is 32.3 Å². The highest BCUT2D eigenvalue weighted by Gasteiger charge is 2.24. The van der Waals surface area contributed by atoms with Gasteiger partial charge in [-0.05, 0) is 19.1 Å². The van der Waals surface area contributed by atoms with Gasteiger partial charge in [0, 0.05) is 37.3 Å². The first-order valence-electron chi connectivity index (χ1n) is 5.55. The fourth-order valence-electron chi connectivity index (χ4n) is 1.99. The van der Waals surface area contributed by atoms with Gasteiger partial charge in [-0.15, -0.1) is 12.4 Å². The molecule has 3 nitrogen and oxygen atoms in total. The Balaban J connectivity index is 0.00000162. The van der Waals surface area contributed by atoms with Gasteiger partial charge in [-0.3, -0.25) is 4.79 Å². The first-order chi connectivity index (χ1) is 8.08. The van der Waals surface area contributed by atoms with Gasteiger partial charge >= 0.3 is 0 Å². The normalized spacial score (nSPS) is 19.3. The highest BCUT2D eigenvalue weighted by molar-refractivity contribution is 5.94. The molecule has 0 saturated carbocycles. The summed E-state index contributed by atoms with van der Waals surface area (Å²) < 4.78 is 26.1. The van der Waals surface area contributed by atoms with Gasteiger partial charge in [-0.25, -0.2) is 8.78 Å². The Morgan fingerprint density at radius 2 is 1.94 bits per heavy atom. The zero-order chi connectivity index (χ0) is 12.4. The number of carbonyl (C=O) groups is 1. The van der Waals surface area contributed by atoms with Gasteiger partial charge in [-0.2, -0.15) is 0 Å². The largest absolute Gasteiger partial charge is 0.333 e. The molecule has 1 unspecified atom stereocenters. The standard InChI is InChI=1S/C12H14F2N2O.ClH/c1-8-7-15-2-3-16(8)12(17)9-4-10(13)6-11(14)5-9;/h4-6,8,15H,2-3,7H2,1H3;1H. The van der Waals surface area contributed by atoms with E-state index in [0.29, 0.717) is 19.6 Å². The van der Waals surface area contributed by atoms with E-state index in [9.17, 15) is 13.6 Å². The molecule has 1 atom stereocenters. The predicted molar refractivity (Wildman–Crippen MR) is 67.0 cm³/mol. The van der Waals surface area contributed by atoms with Crippen molar-refractivity contribution in [2.45, 2.75) is 13.0 Å². The Morgan fingerprint density at radius 3 is 2.50 bits per heavy atom. The highest BCUT2D eigenvalue weighted by atomic mass is 35.5. The lowest BCUT2D eigenvalue weighted by atomic mass is 10.1. The molecule has 100 valence electrons. The van der Waals surface area contributed by atoms with Crippen LogP contribution >= 0.6 is 12.4 Å². The molecule has 0 radical (unpaired) electrons. The third-order valence-corrected chi connectivity index (χ3v) is 2.87. The van der Waals surface area contributed by atoms with Gasteiger partial charge in [0.05, 0.1) is 0 Å². The second-order valence-corrected chi connectivity index (χ2v) is 4.21. The Labute approximate surface area is 111 Å². The SMILES string of the molecule is CC1CNCCN1C(=O)c1cc(F)cc(F)c1.Cl. The van der Waals surface area contributed by atoms with E-state index >= 15 is 0 Å². The maximum Gasteiger partial charge on any atom is 0.254 e. The minimum atomic E-state index is -0.726. The highest BCUT2D eigenvalue weighted by Crippen LogP contribution is 2.13. The van der Waals surface area contributed by atoms with Crippen LogP contribution in [0.25, 0.3) is 0 Å². The number of benzene rings is 1. The number of hydrogen-bond donors (Lipinski definition) is 1. The third kappa shape index (κ3) is 3.17. The summed E-state index contributed by atoms with van der Waals surface area (Å²) in [4.78, 5) is 13.7. The molecule has 1 heterocycles. The zero-order valence-corrected chi connectivity index (χ0v) is 10.8. The Morgan fingerprint density at radius 1 is 1.33 bits per heavy atom. The lowest BCUT2D eigenvalue weighted by molar-refractivity contribution is 0.0654. The lowest BCUT2D eigenvalue weighted by Crippen LogP contribution is -2.52. The van der Waals surface area contributed by atoms with Crippen molar-refractivity contribution in [1.29, 1.82) is 0 Å². The van der Waals surface area contributed by atoms with Gasteiger partial charge in [0.15, 0.2) is 0 Å². The van der Waals surface area contributed by atoms with Gasteiger partial charge in [0.2, 0.25) is 0 Å². The molecule has 1 aromatic carbocycles. The summed E-state index contributed by atoms with van der Waals surface area (Å²) in [6.45, 7) is 3.86. The van der Waals surface area contributed by atoms with Gasteiger partial charge < -0.3 is 10.2 Å². The summed E-state index contributed by atoms with van der Waals surface area (Å²) in [5, 5.41) is 3.15. The van der Waals surface area contributed by atoms with E-state index in [-0.39, 0.29) is 29.9 Å². The van der Waals surface area contributed by atoms with E-state index in [1.165, 1.54) is 0 Å². The number of rotatable bonds is 1. The summed E-state index contributed by atoms with van der Waals surface area (Å²) in [7, 11) is 0. The molecule has 1 aromatic rings. The van der Waals surface area contributed by atoms with Crippen LogP contribution in [-0.2, 0) is 0 Å². The van der Waals surface area contributed by atoms with E-state index in [1.54, 1.807) is 4.90 Å². The van der Waals surface area contributed by atoms with E-state index in [1.807, 2.05) is 6.92 Å². The van der Waals surface area contributed by atoms with Crippen LogP contribution in [0.4, 0.5) is 8.78 Å². The summed E-state index contributed by atoms with van der Waals surface area (Å²) in [6, 6.07) is 2.93. The van der Waals surface area contributed by atoms with Crippen LogP contribution in [0.2, 0.25) is 0 Å². The molecule has 1 aliphatic rings. The molecular formula is C12H15ClF2N2O. The maximum absolute atomic E-state index is 13.0. The Bertz CT molecular complexity index is 422. The van der Waals surface area contributed by atoms with E-state index < -0.39 is 11.6 Å². The molecule has 1 amide bonds. The van der Waals surface area contributed by atoms with Crippen LogP contribution in [0.1, 0.15) is 17.3 Å². The predicted octanol–water partition coefficient (Wildman–Crippen LogP) is 1.82. The summed E-state index contributed by atoms with van der Waals surface area (Å²) >= 11 is 0. The first kappa shape index (κ1) is 14.9.